The molecule has 1 fully saturated rings. The first-order valence-electron chi connectivity index (χ1n) is 8.07. The average molecular weight is 361 g/mol. The molecule has 0 saturated carbocycles. The molecule has 0 radical (unpaired) electrons. The van der Waals surface area contributed by atoms with Crippen molar-refractivity contribution in [3.8, 4) is 5.75 Å². The Balaban J connectivity index is 1.72. The third-order valence-electron chi connectivity index (χ3n) is 3.93. The monoisotopic (exact) mass is 361 g/mol. The Hall–Kier alpha value is -2.14. The molecule has 2 aromatic carbocycles. The molecule has 0 aromatic heterocycles. The molecular formula is C18H20NO5P. The maximum atomic E-state index is 13.2. The van der Waals surface area contributed by atoms with Crippen LogP contribution in [0.1, 0.15) is 12.0 Å². The van der Waals surface area contributed by atoms with E-state index in [-0.39, 0.29) is 6.54 Å². The molecule has 1 saturated heterocycles. The van der Waals surface area contributed by atoms with Crippen LogP contribution in [0.3, 0.4) is 0 Å². The summed E-state index contributed by atoms with van der Waals surface area (Å²) in [5.74, 6) is -0.366. The zero-order valence-electron chi connectivity index (χ0n) is 13.7. The van der Waals surface area contributed by atoms with E-state index < -0.39 is 13.5 Å². The van der Waals surface area contributed by atoms with Gasteiger partial charge in [0.2, 0.25) is 0 Å². The Morgan fingerprint density at radius 3 is 2.56 bits per heavy atom. The number of hydrogen-bond donors (Lipinski definition) is 1. The summed E-state index contributed by atoms with van der Waals surface area (Å²) in [4.78, 5) is 11.0. The molecule has 0 spiro atoms. The van der Waals surface area contributed by atoms with Gasteiger partial charge in [0.25, 0.3) is 0 Å². The number of aliphatic carboxylic acids is 1. The highest BCUT2D eigenvalue weighted by Crippen LogP contribution is 2.51. The van der Waals surface area contributed by atoms with Crippen molar-refractivity contribution in [2.75, 3.05) is 19.7 Å². The third-order valence-corrected chi connectivity index (χ3v) is 6.50. The van der Waals surface area contributed by atoms with Crippen LogP contribution in [0.15, 0.2) is 54.6 Å². The fourth-order valence-electron chi connectivity index (χ4n) is 2.69. The molecule has 7 heteroatoms. The van der Waals surface area contributed by atoms with Gasteiger partial charge in [-0.25, -0.2) is 4.67 Å². The maximum absolute atomic E-state index is 13.2. The van der Waals surface area contributed by atoms with E-state index >= 15 is 0 Å². The van der Waals surface area contributed by atoms with Crippen LogP contribution in [0.5, 0.6) is 5.75 Å². The smallest absolute Gasteiger partial charge is 0.318 e. The van der Waals surface area contributed by atoms with Crippen molar-refractivity contribution in [1.29, 1.82) is 0 Å². The molecule has 1 N–H and O–H groups in total. The fourth-order valence-corrected chi connectivity index (χ4v) is 4.94. The van der Waals surface area contributed by atoms with Gasteiger partial charge in [0.1, 0.15) is 18.9 Å². The third kappa shape index (κ3) is 4.28. The van der Waals surface area contributed by atoms with Crippen molar-refractivity contribution in [2.24, 2.45) is 0 Å². The lowest BCUT2D eigenvalue weighted by atomic mass is 10.2. The quantitative estimate of drug-likeness (QED) is 0.798. The first kappa shape index (κ1) is 17.7. The van der Waals surface area contributed by atoms with Crippen LogP contribution in [-0.2, 0) is 20.5 Å². The first-order chi connectivity index (χ1) is 12.1. The van der Waals surface area contributed by atoms with Crippen LogP contribution in [0.25, 0.3) is 0 Å². The lowest BCUT2D eigenvalue weighted by Crippen LogP contribution is -2.36. The zero-order valence-corrected chi connectivity index (χ0v) is 14.6. The van der Waals surface area contributed by atoms with E-state index in [1.807, 2.05) is 30.3 Å². The minimum absolute atomic E-state index is 0.302. The number of carbonyl (C=O) groups is 1. The predicted molar refractivity (Wildman–Crippen MR) is 94.2 cm³/mol. The van der Waals surface area contributed by atoms with Crippen molar-refractivity contribution >= 4 is 18.8 Å². The molecule has 1 aliphatic rings. The number of hydrogen-bond acceptors (Lipinski definition) is 4. The molecule has 0 amide bonds. The van der Waals surface area contributed by atoms with Crippen molar-refractivity contribution in [1.82, 2.24) is 4.67 Å². The van der Waals surface area contributed by atoms with Crippen LogP contribution in [0, 0.1) is 0 Å². The molecule has 1 atom stereocenters. The highest BCUT2D eigenvalue weighted by atomic mass is 31.2. The van der Waals surface area contributed by atoms with E-state index in [0.717, 1.165) is 5.56 Å². The van der Waals surface area contributed by atoms with E-state index in [4.69, 9.17) is 14.4 Å². The number of benzene rings is 2. The number of ether oxygens (including phenoxy) is 1. The van der Waals surface area contributed by atoms with Crippen LogP contribution < -0.4 is 10.0 Å². The summed E-state index contributed by atoms with van der Waals surface area (Å²) in [5.41, 5.74) is 1.06. The van der Waals surface area contributed by atoms with E-state index in [1.54, 1.807) is 24.3 Å². The summed E-state index contributed by atoms with van der Waals surface area (Å²) in [6.07, 6.45) is 0.662. The topological polar surface area (TPSA) is 76.1 Å². The van der Waals surface area contributed by atoms with E-state index in [2.05, 4.69) is 0 Å². The summed E-state index contributed by atoms with van der Waals surface area (Å²) in [6.45, 7) is 0.943. The maximum Gasteiger partial charge on any atom is 0.318 e. The summed E-state index contributed by atoms with van der Waals surface area (Å²) in [5, 5.41) is 9.52. The zero-order chi connectivity index (χ0) is 17.7. The molecule has 2 aromatic rings. The molecule has 132 valence electrons. The number of carboxylic acid groups (broad SMARTS) is 1. The largest absolute Gasteiger partial charge is 0.489 e. The number of rotatable bonds is 6. The van der Waals surface area contributed by atoms with Crippen molar-refractivity contribution in [3.63, 3.8) is 0 Å². The fraction of sp³-hybridized carbons (Fsp3) is 0.278. The van der Waals surface area contributed by atoms with Gasteiger partial charge in [-0.05, 0) is 36.2 Å². The van der Waals surface area contributed by atoms with Crippen molar-refractivity contribution in [3.05, 3.63) is 60.2 Å². The Labute approximate surface area is 146 Å². The van der Waals surface area contributed by atoms with E-state index in [0.29, 0.717) is 37.2 Å². The van der Waals surface area contributed by atoms with Gasteiger partial charge in [-0.3, -0.25) is 9.36 Å². The number of carboxylic acids is 1. The Bertz CT molecular complexity index is 763. The SMILES string of the molecule is O=C(O)CN1CCCOP1(=O)c1ccc(OCc2ccccc2)cc1. The second-order valence-corrected chi connectivity index (χ2v) is 8.14. The molecule has 25 heavy (non-hydrogen) atoms. The lowest BCUT2D eigenvalue weighted by molar-refractivity contribution is -0.137. The van der Waals surface area contributed by atoms with Gasteiger partial charge in [0.15, 0.2) is 0 Å². The first-order valence-corrected chi connectivity index (χ1v) is 9.65. The van der Waals surface area contributed by atoms with Gasteiger partial charge in [0.05, 0.1) is 11.9 Å². The summed E-state index contributed by atoms with van der Waals surface area (Å²) < 4.78 is 25.8. The van der Waals surface area contributed by atoms with Crippen molar-refractivity contribution < 1.29 is 23.7 Å². The lowest BCUT2D eigenvalue weighted by Gasteiger charge is -2.34. The average Bonchev–Trinajstić information content (AvgIpc) is 2.63. The van der Waals surface area contributed by atoms with Gasteiger partial charge >= 0.3 is 13.5 Å². The minimum Gasteiger partial charge on any atom is -0.489 e. The van der Waals surface area contributed by atoms with Gasteiger partial charge in [-0.2, -0.15) is 0 Å². The molecule has 1 aliphatic heterocycles. The van der Waals surface area contributed by atoms with Crippen LogP contribution in [-0.4, -0.2) is 35.4 Å². The van der Waals surface area contributed by atoms with Gasteiger partial charge in [-0.15, -0.1) is 0 Å². The van der Waals surface area contributed by atoms with Crippen LogP contribution in [0.4, 0.5) is 0 Å². The van der Waals surface area contributed by atoms with Crippen LogP contribution >= 0.6 is 7.52 Å². The van der Waals surface area contributed by atoms with Gasteiger partial charge in [0, 0.05) is 6.54 Å². The second-order valence-electron chi connectivity index (χ2n) is 5.76. The Morgan fingerprint density at radius 2 is 1.88 bits per heavy atom. The molecule has 3 rings (SSSR count). The van der Waals surface area contributed by atoms with Gasteiger partial charge < -0.3 is 14.4 Å². The van der Waals surface area contributed by atoms with Crippen LogP contribution in [0.2, 0.25) is 0 Å². The van der Waals surface area contributed by atoms with Crippen molar-refractivity contribution in [2.45, 2.75) is 13.0 Å². The molecule has 0 bridgehead atoms. The number of nitrogens with zero attached hydrogens (tertiary/aromatic N) is 1. The highest BCUT2D eigenvalue weighted by molar-refractivity contribution is 7.64. The molecule has 1 heterocycles. The minimum atomic E-state index is -3.33. The normalized spacial score (nSPS) is 21.0. The Morgan fingerprint density at radius 1 is 1.16 bits per heavy atom. The van der Waals surface area contributed by atoms with E-state index in [9.17, 15) is 9.36 Å². The predicted octanol–water partition coefficient (Wildman–Crippen LogP) is 2.89. The second kappa shape index (κ2) is 7.83. The van der Waals surface area contributed by atoms with Gasteiger partial charge in [-0.1, -0.05) is 30.3 Å². The van der Waals surface area contributed by atoms with E-state index in [1.165, 1.54) is 4.67 Å². The highest BCUT2D eigenvalue weighted by Gasteiger charge is 2.37. The summed E-state index contributed by atoms with van der Waals surface area (Å²) >= 11 is 0. The standard InChI is InChI=1S/C18H20NO5P/c20-18(21)13-19-11-4-12-24-25(19,22)17-9-7-16(8-10-17)23-14-15-5-2-1-3-6-15/h1-3,5-10H,4,11-14H2,(H,20,21). The molecule has 0 aliphatic carbocycles. The summed E-state index contributed by atoms with van der Waals surface area (Å²) in [7, 11) is -3.33. The summed E-state index contributed by atoms with van der Waals surface area (Å²) in [6, 6.07) is 16.6. The molecule has 6 nitrogen and oxygen atoms in total. The Kier molecular flexibility index (Phi) is 5.53. The molecule has 1 unspecified atom stereocenters. The molecular weight excluding hydrogens is 341 g/mol.